The Morgan fingerprint density at radius 1 is 1.33 bits per heavy atom. The molecule has 80 valence electrons. The van der Waals surface area contributed by atoms with E-state index in [2.05, 4.69) is 11.4 Å². The molecular weight excluding hydrogens is 189 g/mol. The highest BCUT2D eigenvalue weighted by Crippen LogP contribution is 2.40. The van der Waals surface area contributed by atoms with Gasteiger partial charge in [0.1, 0.15) is 5.82 Å². The van der Waals surface area contributed by atoms with E-state index in [1.165, 1.54) is 24.8 Å². The Bertz CT molecular complexity index is 388. The first kappa shape index (κ1) is 9.34. The first-order valence-corrected chi connectivity index (χ1v) is 5.76. The molecule has 0 spiro atoms. The fourth-order valence-corrected chi connectivity index (χ4v) is 3.03. The van der Waals surface area contributed by atoms with Crippen molar-refractivity contribution in [1.29, 1.82) is 0 Å². The zero-order valence-electron chi connectivity index (χ0n) is 8.96. The quantitative estimate of drug-likeness (QED) is 0.743. The monoisotopic (exact) mass is 205 g/mol. The van der Waals surface area contributed by atoms with E-state index in [-0.39, 0.29) is 5.82 Å². The van der Waals surface area contributed by atoms with Crippen LogP contribution in [0, 0.1) is 12.7 Å². The van der Waals surface area contributed by atoms with Crippen LogP contribution in [0.1, 0.15) is 36.3 Å². The second-order valence-electron chi connectivity index (χ2n) is 4.90. The molecule has 15 heavy (non-hydrogen) atoms. The lowest BCUT2D eigenvalue weighted by Crippen LogP contribution is -2.21. The summed E-state index contributed by atoms with van der Waals surface area (Å²) in [7, 11) is 0. The smallest absolute Gasteiger partial charge is 0.126 e. The molecule has 2 heterocycles. The van der Waals surface area contributed by atoms with Crippen molar-refractivity contribution in [3.8, 4) is 0 Å². The first-order valence-electron chi connectivity index (χ1n) is 5.76. The minimum absolute atomic E-state index is 0.0599. The molecule has 1 aromatic rings. The van der Waals surface area contributed by atoms with E-state index < -0.39 is 0 Å². The van der Waals surface area contributed by atoms with E-state index in [0.717, 1.165) is 5.56 Å². The highest BCUT2D eigenvalue weighted by atomic mass is 19.1. The molecule has 0 radical (unpaired) electrons. The molecule has 2 heteroatoms. The van der Waals surface area contributed by atoms with Crippen LogP contribution in [0.5, 0.6) is 0 Å². The number of rotatable bonds is 1. The number of nitrogens with one attached hydrogen (secondary N) is 1. The van der Waals surface area contributed by atoms with Crippen molar-refractivity contribution in [1.82, 2.24) is 5.32 Å². The second-order valence-corrected chi connectivity index (χ2v) is 4.90. The molecule has 3 rings (SSSR count). The average Bonchev–Trinajstić information content (AvgIpc) is 2.83. The lowest BCUT2D eigenvalue weighted by atomic mass is 9.84. The summed E-state index contributed by atoms with van der Waals surface area (Å²) in [6, 6.07) is 6.99. The van der Waals surface area contributed by atoms with Crippen LogP contribution in [0.4, 0.5) is 4.39 Å². The number of hydrogen-bond acceptors (Lipinski definition) is 1. The summed E-state index contributed by atoms with van der Waals surface area (Å²) in [5.41, 5.74) is 1.92. The summed E-state index contributed by atoms with van der Waals surface area (Å²) in [6.07, 6.45) is 3.74. The van der Waals surface area contributed by atoms with Gasteiger partial charge in [-0.1, -0.05) is 12.1 Å². The summed E-state index contributed by atoms with van der Waals surface area (Å²) in [6.45, 7) is 1.82. The van der Waals surface area contributed by atoms with Gasteiger partial charge in [-0.25, -0.2) is 4.39 Å². The van der Waals surface area contributed by atoms with Crippen LogP contribution in [0.3, 0.4) is 0 Å². The largest absolute Gasteiger partial charge is 0.311 e. The van der Waals surface area contributed by atoms with Crippen LogP contribution in [0.15, 0.2) is 18.2 Å². The predicted molar refractivity (Wildman–Crippen MR) is 58.4 cm³/mol. The summed E-state index contributed by atoms with van der Waals surface area (Å²) < 4.78 is 13.5. The second kappa shape index (κ2) is 3.31. The number of fused-ring (bicyclic) bond motifs is 2. The van der Waals surface area contributed by atoms with E-state index in [4.69, 9.17) is 0 Å². The third-order valence-electron chi connectivity index (χ3n) is 3.92. The predicted octanol–water partition coefficient (Wildman–Crippen LogP) is 2.74. The maximum Gasteiger partial charge on any atom is 0.126 e. The number of benzene rings is 1. The Morgan fingerprint density at radius 3 is 2.80 bits per heavy atom. The molecule has 2 unspecified atom stereocenters. The van der Waals surface area contributed by atoms with Crippen molar-refractivity contribution in [2.45, 2.75) is 44.2 Å². The standard InChI is InChI=1S/C13H16FN/c1-8-2-3-9(6-12(8)14)11-7-10-4-5-13(11)15-10/h2-3,6,10-11,13,15H,4-5,7H2,1H3/t10?,11-,13?/m1/s1. The Balaban J connectivity index is 1.90. The van der Waals surface area contributed by atoms with E-state index in [1.54, 1.807) is 6.07 Å². The van der Waals surface area contributed by atoms with Gasteiger partial charge in [0, 0.05) is 18.0 Å². The molecule has 2 aliphatic heterocycles. The van der Waals surface area contributed by atoms with Crippen LogP contribution in [0.25, 0.3) is 0 Å². The molecule has 2 saturated heterocycles. The molecule has 1 nitrogen and oxygen atoms in total. The van der Waals surface area contributed by atoms with E-state index in [9.17, 15) is 4.39 Å². The third kappa shape index (κ3) is 1.48. The highest BCUT2D eigenvalue weighted by Gasteiger charge is 2.39. The fraction of sp³-hybridized carbons (Fsp3) is 0.538. The first-order chi connectivity index (χ1) is 7.24. The molecule has 0 saturated carbocycles. The number of aryl methyl sites for hydroxylation is 1. The minimum Gasteiger partial charge on any atom is -0.311 e. The van der Waals surface area contributed by atoms with Crippen LogP contribution in [0.2, 0.25) is 0 Å². The van der Waals surface area contributed by atoms with Gasteiger partial charge in [0.15, 0.2) is 0 Å². The van der Waals surface area contributed by atoms with Gasteiger partial charge in [0.05, 0.1) is 0 Å². The normalized spacial score (nSPS) is 33.6. The van der Waals surface area contributed by atoms with E-state index in [1.807, 2.05) is 13.0 Å². The lowest BCUT2D eigenvalue weighted by molar-refractivity contribution is 0.503. The number of halogens is 1. The molecule has 1 N–H and O–H groups in total. The van der Waals surface area contributed by atoms with Gasteiger partial charge in [-0.15, -0.1) is 0 Å². The van der Waals surface area contributed by atoms with Crippen LogP contribution < -0.4 is 5.32 Å². The van der Waals surface area contributed by atoms with Gasteiger partial charge in [0.2, 0.25) is 0 Å². The number of hydrogen-bond donors (Lipinski definition) is 1. The molecular formula is C13H16FN. The molecule has 1 aromatic carbocycles. The Morgan fingerprint density at radius 2 is 2.20 bits per heavy atom. The molecule has 3 atom stereocenters. The Kier molecular flexibility index (Phi) is 2.06. The van der Waals surface area contributed by atoms with E-state index in [0.29, 0.717) is 18.0 Å². The topological polar surface area (TPSA) is 12.0 Å². The van der Waals surface area contributed by atoms with Crippen LogP contribution >= 0.6 is 0 Å². The molecule has 0 aliphatic carbocycles. The lowest BCUT2D eigenvalue weighted by Gasteiger charge is -2.20. The SMILES string of the molecule is Cc1ccc([C@H]2CC3CCC2N3)cc1F. The van der Waals surface area contributed by atoms with Gasteiger partial charge < -0.3 is 5.32 Å². The van der Waals surface area contributed by atoms with E-state index >= 15 is 0 Å². The van der Waals surface area contributed by atoms with Gasteiger partial charge >= 0.3 is 0 Å². The zero-order valence-corrected chi connectivity index (χ0v) is 8.96. The van der Waals surface area contributed by atoms with Crippen molar-refractivity contribution in [2.75, 3.05) is 0 Å². The zero-order chi connectivity index (χ0) is 10.4. The van der Waals surface area contributed by atoms with Crippen molar-refractivity contribution in [3.05, 3.63) is 35.1 Å². The van der Waals surface area contributed by atoms with Gasteiger partial charge in [-0.05, 0) is 43.4 Å². The van der Waals surface area contributed by atoms with Crippen molar-refractivity contribution in [2.24, 2.45) is 0 Å². The van der Waals surface area contributed by atoms with Crippen molar-refractivity contribution in [3.63, 3.8) is 0 Å². The third-order valence-corrected chi connectivity index (χ3v) is 3.92. The molecule has 0 aromatic heterocycles. The van der Waals surface area contributed by atoms with Crippen LogP contribution in [-0.4, -0.2) is 12.1 Å². The molecule has 2 aliphatic rings. The average molecular weight is 205 g/mol. The highest BCUT2D eigenvalue weighted by molar-refractivity contribution is 5.29. The maximum atomic E-state index is 13.5. The Hall–Kier alpha value is -0.890. The van der Waals surface area contributed by atoms with Gasteiger partial charge in [-0.2, -0.15) is 0 Å². The van der Waals surface area contributed by atoms with Crippen molar-refractivity contribution >= 4 is 0 Å². The molecule has 2 fully saturated rings. The van der Waals surface area contributed by atoms with Crippen molar-refractivity contribution < 1.29 is 4.39 Å². The molecule has 0 amide bonds. The summed E-state index contributed by atoms with van der Waals surface area (Å²) in [4.78, 5) is 0. The van der Waals surface area contributed by atoms with Gasteiger partial charge in [-0.3, -0.25) is 0 Å². The Labute approximate surface area is 89.7 Å². The summed E-state index contributed by atoms with van der Waals surface area (Å²) >= 11 is 0. The molecule has 2 bridgehead atoms. The summed E-state index contributed by atoms with van der Waals surface area (Å²) in [5, 5.41) is 3.59. The summed E-state index contributed by atoms with van der Waals surface area (Å²) in [5.74, 6) is 0.481. The minimum atomic E-state index is -0.0599. The van der Waals surface area contributed by atoms with Gasteiger partial charge in [0.25, 0.3) is 0 Å². The maximum absolute atomic E-state index is 13.5. The van der Waals surface area contributed by atoms with Crippen LogP contribution in [-0.2, 0) is 0 Å². The fourth-order valence-electron chi connectivity index (χ4n) is 3.03.